The molecule has 1 aromatic carbocycles. The number of carbonyl (C=O) groups excluding carboxylic acids is 1. The number of benzene rings is 1. The van der Waals surface area contributed by atoms with Crippen LogP contribution in [0.15, 0.2) is 30.5 Å². The first-order valence-electron chi connectivity index (χ1n) is 5.08. The molecule has 17 heavy (non-hydrogen) atoms. The average Bonchev–Trinajstić information content (AvgIpc) is 2.30. The maximum absolute atomic E-state index is 11.4. The third-order valence-corrected chi connectivity index (χ3v) is 2.74. The zero-order chi connectivity index (χ0) is 12.8. The van der Waals surface area contributed by atoms with Crippen molar-refractivity contribution < 1.29 is 9.53 Å². The molecule has 5 heteroatoms. The van der Waals surface area contributed by atoms with Gasteiger partial charge in [0.25, 0.3) is 5.91 Å². The van der Waals surface area contributed by atoms with Crippen molar-refractivity contribution in [3.8, 4) is 5.75 Å². The second kappa shape index (κ2) is 6.52. The molecular formula is C12H13Cl2NO2. The molecule has 0 aromatic heterocycles. The standard InChI is InChI=1S/C12H13Cl2NO2/c1-3-8(2)15-12(16)7-17-9-4-5-10(13)11(14)6-9/h4-6H,2-3,7H2,1H3,(H,15,16). The number of ether oxygens (including phenoxy) is 1. The van der Waals surface area contributed by atoms with Crippen LogP contribution in [-0.2, 0) is 4.79 Å². The molecule has 0 heterocycles. The highest BCUT2D eigenvalue weighted by Crippen LogP contribution is 2.26. The quantitative estimate of drug-likeness (QED) is 0.893. The number of hydrogen-bond acceptors (Lipinski definition) is 2. The van der Waals surface area contributed by atoms with Crippen LogP contribution in [0.3, 0.4) is 0 Å². The molecule has 1 rings (SSSR count). The second-order valence-corrected chi connectivity index (χ2v) is 4.18. The van der Waals surface area contributed by atoms with Gasteiger partial charge in [-0.2, -0.15) is 0 Å². The molecule has 1 amide bonds. The summed E-state index contributed by atoms with van der Waals surface area (Å²) in [6, 6.07) is 4.82. The third-order valence-electron chi connectivity index (χ3n) is 2.00. The number of rotatable bonds is 5. The summed E-state index contributed by atoms with van der Waals surface area (Å²) in [7, 11) is 0. The monoisotopic (exact) mass is 273 g/mol. The van der Waals surface area contributed by atoms with Gasteiger partial charge in [0.15, 0.2) is 6.61 Å². The fraction of sp³-hybridized carbons (Fsp3) is 0.250. The molecule has 92 valence electrons. The van der Waals surface area contributed by atoms with E-state index < -0.39 is 0 Å². The van der Waals surface area contributed by atoms with E-state index in [1.54, 1.807) is 18.2 Å². The Hall–Kier alpha value is -1.19. The Morgan fingerprint density at radius 3 is 2.71 bits per heavy atom. The van der Waals surface area contributed by atoms with Crippen LogP contribution in [0.5, 0.6) is 5.75 Å². The van der Waals surface area contributed by atoms with Gasteiger partial charge in [0.05, 0.1) is 10.0 Å². The summed E-state index contributed by atoms with van der Waals surface area (Å²) in [5.41, 5.74) is 0.660. The molecule has 0 aliphatic heterocycles. The Bertz CT molecular complexity index is 433. The number of halogens is 2. The van der Waals surface area contributed by atoms with E-state index in [9.17, 15) is 4.79 Å². The van der Waals surface area contributed by atoms with Crippen LogP contribution in [0.4, 0.5) is 0 Å². The summed E-state index contributed by atoms with van der Waals surface area (Å²) in [6.07, 6.45) is 0.693. The van der Waals surface area contributed by atoms with E-state index in [0.29, 0.717) is 27.9 Å². The summed E-state index contributed by atoms with van der Waals surface area (Å²) >= 11 is 11.6. The Kier molecular flexibility index (Phi) is 5.32. The van der Waals surface area contributed by atoms with Crippen LogP contribution in [0.1, 0.15) is 13.3 Å². The molecule has 1 aromatic rings. The van der Waals surface area contributed by atoms with Gasteiger partial charge in [0, 0.05) is 11.8 Å². The zero-order valence-corrected chi connectivity index (χ0v) is 10.9. The number of allylic oxidation sites excluding steroid dienone is 1. The van der Waals surface area contributed by atoms with Crippen molar-refractivity contribution in [2.45, 2.75) is 13.3 Å². The molecule has 0 saturated carbocycles. The minimum atomic E-state index is -0.247. The summed E-state index contributed by atoms with van der Waals surface area (Å²) < 4.78 is 5.25. The van der Waals surface area contributed by atoms with Crippen LogP contribution < -0.4 is 10.1 Å². The first-order chi connectivity index (χ1) is 8.02. The Morgan fingerprint density at radius 1 is 1.41 bits per heavy atom. The second-order valence-electron chi connectivity index (χ2n) is 3.37. The van der Waals surface area contributed by atoms with E-state index in [2.05, 4.69) is 11.9 Å². The average molecular weight is 274 g/mol. The SMILES string of the molecule is C=C(CC)NC(=O)COc1ccc(Cl)c(Cl)c1. The van der Waals surface area contributed by atoms with Crippen LogP contribution in [0, 0.1) is 0 Å². The van der Waals surface area contributed by atoms with Gasteiger partial charge in [0.1, 0.15) is 5.75 Å². The predicted octanol–water partition coefficient (Wildman–Crippen LogP) is 3.41. The first kappa shape index (κ1) is 13.9. The fourth-order valence-corrected chi connectivity index (χ4v) is 1.33. The lowest BCUT2D eigenvalue weighted by Gasteiger charge is -2.08. The van der Waals surface area contributed by atoms with Crippen molar-refractivity contribution in [2.75, 3.05) is 6.61 Å². The lowest BCUT2D eigenvalue weighted by Crippen LogP contribution is -2.27. The normalized spacial score (nSPS) is 9.82. The Morgan fingerprint density at radius 2 is 2.12 bits per heavy atom. The topological polar surface area (TPSA) is 38.3 Å². The molecule has 1 N–H and O–H groups in total. The molecule has 0 radical (unpaired) electrons. The van der Waals surface area contributed by atoms with Gasteiger partial charge in [0.2, 0.25) is 0 Å². The zero-order valence-electron chi connectivity index (χ0n) is 9.43. The molecule has 0 aliphatic rings. The molecule has 0 unspecified atom stereocenters. The van der Waals surface area contributed by atoms with Crippen LogP contribution >= 0.6 is 23.2 Å². The van der Waals surface area contributed by atoms with Crippen LogP contribution in [-0.4, -0.2) is 12.5 Å². The van der Waals surface area contributed by atoms with Gasteiger partial charge in [-0.15, -0.1) is 0 Å². The molecular weight excluding hydrogens is 261 g/mol. The van der Waals surface area contributed by atoms with Crippen LogP contribution in [0.2, 0.25) is 10.0 Å². The maximum Gasteiger partial charge on any atom is 0.262 e. The highest BCUT2D eigenvalue weighted by molar-refractivity contribution is 6.42. The number of amides is 1. The van der Waals surface area contributed by atoms with E-state index in [4.69, 9.17) is 27.9 Å². The summed E-state index contributed by atoms with van der Waals surface area (Å²) in [6.45, 7) is 5.49. The molecule has 3 nitrogen and oxygen atoms in total. The minimum absolute atomic E-state index is 0.0863. The van der Waals surface area contributed by atoms with E-state index in [1.807, 2.05) is 6.92 Å². The number of hydrogen-bond donors (Lipinski definition) is 1. The van der Waals surface area contributed by atoms with Gasteiger partial charge in [-0.3, -0.25) is 4.79 Å². The summed E-state index contributed by atoms with van der Waals surface area (Å²) in [5.74, 6) is 0.250. The van der Waals surface area contributed by atoms with Gasteiger partial charge in [-0.25, -0.2) is 0 Å². The Labute approximate surface area is 110 Å². The highest BCUT2D eigenvalue weighted by atomic mass is 35.5. The van der Waals surface area contributed by atoms with Crippen molar-refractivity contribution in [1.29, 1.82) is 0 Å². The maximum atomic E-state index is 11.4. The molecule has 0 saturated heterocycles. The Balaban J connectivity index is 2.47. The third kappa shape index (κ3) is 4.67. The smallest absolute Gasteiger partial charge is 0.262 e. The predicted molar refractivity (Wildman–Crippen MR) is 69.5 cm³/mol. The van der Waals surface area contributed by atoms with Crippen molar-refractivity contribution in [2.24, 2.45) is 0 Å². The molecule has 0 spiro atoms. The molecule has 0 aliphatic carbocycles. The van der Waals surface area contributed by atoms with Crippen molar-refractivity contribution in [1.82, 2.24) is 5.32 Å². The van der Waals surface area contributed by atoms with Gasteiger partial charge in [-0.05, 0) is 18.6 Å². The number of carbonyl (C=O) groups is 1. The van der Waals surface area contributed by atoms with Crippen molar-refractivity contribution in [3.05, 3.63) is 40.5 Å². The van der Waals surface area contributed by atoms with E-state index in [1.165, 1.54) is 0 Å². The molecule has 0 bridgehead atoms. The minimum Gasteiger partial charge on any atom is -0.484 e. The van der Waals surface area contributed by atoms with Crippen LogP contribution in [0.25, 0.3) is 0 Å². The van der Waals surface area contributed by atoms with Gasteiger partial charge in [-0.1, -0.05) is 36.7 Å². The highest BCUT2D eigenvalue weighted by Gasteiger charge is 2.05. The summed E-state index contributed by atoms with van der Waals surface area (Å²) in [4.78, 5) is 11.4. The largest absolute Gasteiger partial charge is 0.484 e. The first-order valence-corrected chi connectivity index (χ1v) is 5.84. The molecule has 0 fully saturated rings. The van der Waals surface area contributed by atoms with Crippen molar-refractivity contribution >= 4 is 29.1 Å². The summed E-state index contributed by atoms with van der Waals surface area (Å²) in [5, 5.41) is 3.45. The van der Waals surface area contributed by atoms with E-state index in [0.717, 1.165) is 0 Å². The van der Waals surface area contributed by atoms with Crippen molar-refractivity contribution in [3.63, 3.8) is 0 Å². The van der Waals surface area contributed by atoms with Gasteiger partial charge < -0.3 is 10.1 Å². The van der Waals surface area contributed by atoms with Gasteiger partial charge >= 0.3 is 0 Å². The fourth-order valence-electron chi connectivity index (χ4n) is 1.04. The molecule has 0 atom stereocenters. The van der Waals surface area contributed by atoms with E-state index in [-0.39, 0.29) is 12.5 Å². The lowest BCUT2D eigenvalue weighted by molar-refractivity contribution is -0.122. The number of nitrogens with one attached hydrogen (secondary N) is 1. The lowest BCUT2D eigenvalue weighted by atomic mass is 10.3. The van der Waals surface area contributed by atoms with E-state index >= 15 is 0 Å².